The topological polar surface area (TPSA) is 12.0 Å². The Morgan fingerprint density at radius 2 is 1.64 bits per heavy atom. The van der Waals surface area contributed by atoms with Crippen LogP contribution in [-0.2, 0) is 0 Å². The molecule has 0 bridgehead atoms. The molecule has 0 aromatic heterocycles. The fourth-order valence-electron chi connectivity index (χ4n) is 2.15. The first kappa shape index (κ1) is 7.56. The van der Waals surface area contributed by atoms with Crippen molar-refractivity contribution in [1.82, 2.24) is 5.32 Å². The summed E-state index contributed by atoms with van der Waals surface area (Å²) in [6.07, 6.45) is 2.88. The van der Waals surface area contributed by atoms with Gasteiger partial charge in [0.15, 0.2) is 0 Å². The largest absolute Gasteiger partial charge is 0.328 e. The van der Waals surface area contributed by atoms with E-state index in [0.717, 1.165) is 5.41 Å². The zero-order valence-electron chi connectivity index (χ0n) is 7.69. The van der Waals surface area contributed by atoms with Crippen molar-refractivity contribution < 1.29 is 4.48 Å². The Kier molecular flexibility index (Phi) is 1.52. The first-order valence-electron chi connectivity index (χ1n) is 4.65. The number of piperidine rings is 1. The van der Waals surface area contributed by atoms with Crippen LogP contribution in [0, 0.1) is 5.41 Å². The van der Waals surface area contributed by atoms with E-state index in [2.05, 4.69) is 19.4 Å². The normalized spacial score (nSPS) is 33.3. The Hall–Kier alpha value is -0.0800. The molecule has 64 valence electrons. The molecular formula is C9H19N2+. The number of nitrogens with zero attached hydrogens (tertiary/aromatic N) is 1. The summed E-state index contributed by atoms with van der Waals surface area (Å²) >= 11 is 0. The summed E-state index contributed by atoms with van der Waals surface area (Å²) in [5, 5.41) is 3.39. The molecule has 0 aromatic rings. The summed E-state index contributed by atoms with van der Waals surface area (Å²) in [4.78, 5) is 0. The molecule has 2 nitrogen and oxygen atoms in total. The van der Waals surface area contributed by atoms with E-state index < -0.39 is 0 Å². The Balaban J connectivity index is 1.94. The highest BCUT2D eigenvalue weighted by molar-refractivity contribution is 4.93. The third-order valence-corrected chi connectivity index (χ3v) is 3.49. The molecule has 0 saturated carbocycles. The van der Waals surface area contributed by atoms with Crippen LogP contribution in [-0.4, -0.2) is 44.8 Å². The molecule has 0 aromatic carbocycles. The second kappa shape index (κ2) is 2.20. The van der Waals surface area contributed by atoms with E-state index in [4.69, 9.17) is 0 Å². The van der Waals surface area contributed by atoms with Gasteiger partial charge in [-0.2, -0.15) is 0 Å². The summed E-state index contributed by atoms with van der Waals surface area (Å²) in [5.41, 5.74) is 0.730. The first-order valence-corrected chi connectivity index (χ1v) is 4.65. The van der Waals surface area contributed by atoms with Crippen LogP contribution in [0.4, 0.5) is 0 Å². The molecule has 11 heavy (non-hydrogen) atoms. The van der Waals surface area contributed by atoms with Crippen LogP contribution in [0.15, 0.2) is 0 Å². The van der Waals surface area contributed by atoms with E-state index in [1.54, 1.807) is 0 Å². The molecule has 0 unspecified atom stereocenters. The van der Waals surface area contributed by atoms with E-state index >= 15 is 0 Å². The second-order valence-corrected chi connectivity index (χ2v) is 4.99. The van der Waals surface area contributed by atoms with Gasteiger partial charge in [-0.15, -0.1) is 0 Å². The molecule has 0 aliphatic carbocycles. The quantitative estimate of drug-likeness (QED) is 0.501. The van der Waals surface area contributed by atoms with Crippen molar-refractivity contribution in [2.75, 3.05) is 40.3 Å². The van der Waals surface area contributed by atoms with E-state index in [1.807, 2.05) is 0 Å². The molecule has 2 saturated heterocycles. The maximum Gasteiger partial charge on any atom is 0.0788 e. The van der Waals surface area contributed by atoms with E-state index in [-0.39, 0.29) is 0 Å². The molecule has 2 heterocycles. The van der Waals surface area contributed by atoms with Gasteiger partial charge in [-0.3, -0.25) is 0 Å². The lowest BCUT2D eigenvalue weighted by Crippen LogP contribution is -2.61. The van der Waals surface area contributed by atoms with Crippen molar-refractivity contribution in [3.8, 4) is 0 Å². The summed E-state index contributed by atoms with van der Waals surface area (Å²) in [5.74, 6) is 0. The molecule has 1 N–H and O–H groups in total. The van der Waals surface area contributed by atoms with E-state index in [0.29, 0.717) is 0 Å². The summed E-state index contributed by atoms with van der Waals surface area (Å²) in [6.45, 7) is 5.32. The number of hydrogen-bond donors (Lipinski definition) is 1. The molecule has 2 heteroatoms. The molecule has 2 fully saturated rings. The third kappa shape index (κ3) is 1.30. The Labute approximate surface area is 69.2 Å². The second-order valence-electron chi connectivity index (χ2n) is 4.99. The van der Waals surface area contributed by atoms with Crippen molar-refractivity contribution in [1.29, 1.82) is 0 Å². The minimum atomic E-state index is 0.730. The third-order valence-electron chi connectivity index (χ3n) is 3.49. The van der Waals surface area contributed by atoms with Gasteiger partial charge in [0.05, 0.1) is 27.2 Å². The lowest BCUT2D eigenvalue weighted by atomic mass is 9.73. The Bertz CT molecular complexity index is 147. The average Bonchev–Trinajstić information content (AvgIpc) is 1.84. The number of likely N-dealkylation sites (tertiary alicyclic amines) is 1. The highest BCUT2D eigenvalue weighted by Gasteiger charge is 2.42. The van der Waals surface area contributed by atoms with Crippen LogP contribution < -0.4 is 5.32 Å². The van der Waals surface area contributed by atoms with E-state index in [9.17, 15) is 0 Å². The number of rotatable bonds is 0. The van der Waals surface area contributed by atoms with Crippen LogP contribution in [0.3, 0.4) is 0 Å². The molecule has 0 atom stereocenters. The first-order chi connectivity index (χ1) is 5.12. The number of hydrogen-bond acceptors (Lipinski definition) is 1. The van der Waals surface area contributed by atoms with Crippen molar-refractivity contribution in [2.24, 2.45) is 5.41 Å². The Morgan fingerprint density at radius 1 is 1.09 bits per heavy atom. The van der Waals surface area contributed by atoms with Crippen LogP contribution in [0.2, 0.25) is 0 Å². The predicted molar refractivity (Wildman–Crippen MR) is 46.4 cm³/mol. The van der Waals surface area contributed by atoms with Crippen LogP contribution >= 0.6 is 0 Å². The smallest absolute Gasteiger partial charge is 0.0788 e. The van der Waals surface area contributed by atoms with Crippen molar-refractivity contribution in [3.05, 3.63) is 0 Å². The fourth-order valence-corrected chi connectivity index (χ4v) is 2.15. The van der Waals surface area contributed by atoms with Gasteiger partial charge < -0.3 is 9.80 Å². The minimum absolute atomic E-state index is 0.730. The lowest BCUT2D eigenvalue weighted by molar-refractivity contribution is -0.897. The van der Waals surface area contributed by atoms with Gasteiger partial charge in [0.1, 0.15) is 0 Å². The van der Waals surface area contributed by atoms with Gasteiger partial charge in [-0.1, -0.05) is 0 Å². The standard InChI is InChI=1S/C9H19N2/c1-11(2)5-3-9(4-6-11)7-10-8-9/h10H,3-8H2,1-2H3/q+1. The van der Waals surface area contributed by atoms with Gasteiger partial charge in [0.2, 0.25) is 0 Å². The highest BCUT2D eigenvalue weighted by Crippen LogP contribution is 2.36. The molecule has 2 aliphatic rings. The van der Waals surface area contributed by atoms with Gasteiger partial charge in [0, 0.05) is 31.3 Å². The van der Waals surface area contributed by atoms with Gasteiger partial charge >= 0.3 is 0 Å². The fraction of sp³-hybridized carbons (Fsp3) is 1.00. The maximum atomic E-state index is 3.39. The van der Waals surface area contributed by atoms with Gasteiger partial charge in [0.25, 0.3) is 0 Å². The summed E-state index contributed by atoms with van der Waals surface area (Å²) in [7, 11) is 4.69. The van der Waals surface area contributed by atoms with Crippen molar-refractivity contribution in [2.45, 2.75) is 12.8 Å². The SMILES string of the molecule is C[N+]1(C)CCC2(CC1)CNC2. The predicted octanol–water partition coefficient (Wildman–Crippen LogP) is 0.446. The maximum absolute atomic E-state index is 3.39. The number of nitrogens with one attached hydrogen (secondary N) is 1. The lowest BCUT2D eigenvalue weighted by Gasteiger charge is -2.49. The summed E-state index contributed by atoms with van der Waals surface area (Å²) in [6, 6.07) is 0. The summed E-state index contributed by atoms with van der Waals surface area (Å²) < 4.78 is 1.24. The number of quaternary nitrogens is 1. The van der Waals surface area contributed by atoms with Crippen molar-refractivity contribution >= 4 is 0 Å². The van der Waals surface area contributed by atoms with Crippen LogP contribution in [0.25, 0.3) is 0 Å². The molecule has 1 spiro atoms. The zero-order chi connectivity index (χ0) is 7.95. The zero-order valence-corrected chi connectivity index (χ0v) is 7.69. The molecule has 2 aliphatic heterocycles. The van der Waals surface area contributed by atoms with Crippen molar-refractivity contribution in [3.63, 3.8) is 0 Å². The molecular weight excluding hydrogens is 136 g/mol. The minimum Gasteiger partial charge on any atom is -0.328 e. The van der Waals surface area contributed by atoms with Crippen LogP contribution in [0.5, 0.6) is 0 Å². The monoisotopic (exact) mass is 155 g/mol. The molecule has 0 radical (unpaired) electrons. The van der Waals surface area contributed by atoms with Gasteiger partial charge in [-0.05, 0) is 0 Å². The Morgan fingerprint density at radius 3 is 2.00 bits per heavy atom. The molecule has 2 rings (SSSR count). The molecule has 0 amide bonds. The van der Waals surface area contributed by atoms with Gasteiger partial charge in [-0.25, -0.2) is 0 Å². The van der Waals surface area contributed by atoms with E-state index in [1.165, 1.54) is 43.5 Å². The van der Waals surface area contributed by atoms with Crippen LogP contribution in [0.1, 0.15) is 12.8 Å². The highest BCUT2D eigenvalue weighted by atomic mass is 15.3. The average molecular weight is 155 g/mol.